The van der Waals surface area contributed by atoms with E-state index in [0.717, 1.165) is 13.0 Å². The second-order valence-corrected chi connectivity index (χ2v) is 3.67. The monoisotopic (exact) mass is 166 g/mol. The molecule has 1 atom stereocenters. The van der Waals surface area contributed by atoms with Gasteiger partial charge in [0, 0.05) is 13.0 Å². The van der Waals surface area contributed by atoms with Gasteiger partial charge in [0.05, 0.1) is 6.07 Å². The van der Waals surface area contributed by atoms with E-state index in [1.807, 2.05) is 0 Å². The topological polar surface area (TPSA) is 27.0 Å². The predicted octanol–water partition coefficient (Wildman–Crippen LogP) is 2.02. The molecule has 1 heterocycles. The van der Waals surface area contributed by atoms with Crippen LogP contribution in [0.2, 0.25) is 0 Å². The Morgan fingerprint density at radius 3 is 3.08 bits per heavy atom. The second-order valence-electron chi connectivity index (χ2n) is 3.67. The van der Waals surface area contributed by atoms with Crippen LogP contribution in [-0.2, 0) is 0 Å². The van der Waals surface area contributed by atoms with E-state index in [2.05, 4.69) is 17.9 Å². The van der Waals surface area contributed by atoms with Gasteiger partial charge in [0.25, 0.3) is 0 Å². The van der Waals surface area contributed by atoms with Crippen LogP contribution in [0.4, 0.5) is 0 Å². The Labute approximate surface area is 75.2 Å². The average Bonchev–Trinajstić information content (AvgIpc) is 2.06. The first kappa shape index (κ1) is 9.54. The van der Waals surface area contributed by atoms with Crippen LogP contribution in [0, 0.1) is 17.2 Å². The Hall–Kier alpha value is -0.550. The summed E-state index contributed by atoms with van der Waals surface area (Å²) < 4.78 is 0. The van der Waals surface area contributed by atoms with Crippen molar-refractivity contribution in [2.45, 2.75) is 32.6 Å². The lowest BCUT2D eigenvalue weighted by atomic mass is 9.95. The number of hydrogen-bond donors (Lipinski definition) is 0. The lowest BCUT2D eigenvalue weighted by molar-refractivity contribution is 0.177. The Balaban J connectivity index is 2.26. The molecule has 1 aliphatic heterocycles. The summed E-state index contributed by atoms with van der Waals surface area (Å²) in [4.78, 5) is 2.49. The molecule has 0 aromatic heterocycles. The highest BCUT2D eigenvalue weighted by Gasteiger charge is 2.18. The molecule has 2 nitrogen and oxygen atoms in total. The summed E-state index contributed by atoms with van der Waals surface area (Å²) in [5.41, 5.74) is 0. The molecule has 0 aromatic carbocycles. The van der Waals surface area contributed by atoms with Crippen molar-refractivity contribution in [1.82, 2.24) is 4.90 Å². The minimum atomic E-state index is 0.648. The highest BCUT2D eigenvalue weighted by Crippen LogP contribution is 2.18. The van der Waals surface area contributed by atoms with E-state index in [1.165, 1.54) is 32.4 Å². The van der Waals surface area contributed by atoms with Crippen molar-refractivity contribution in [3.63, 3.8) is 0 Å². The number of nitriles is 1. The molecule has 1 saturated heterocycles. The third kappa shape index (κ3) is 2.83. The third-order valence-corrected chi connectivity index (χ3v) is 2.52. The largest absolute Gasteiger partial charge is 0.303 e. The Morgan fingerprint density at radius 1 is 1.58 bits per heavy atom. The molecule has 0 spiro atoms. The molecule has 0 amide bonds. The normalized spacial score (nSPS) is 25.2. The fourth-order valence-electron chi connectivity index (χ4n) is 1.97. The highest BCUT2D eigenvalue weighted by molar-refractivity contribution is 4.81. The lowest BCUT2D eigenvalue weighted by Gasteiger charge is -2.31. The second kappa shape index (κ2) is 5.16. The zero-order chi connectivity index (χ0) is 8.81. The summed E-state index contributed by atoms with van der Waals surface area (Å²) in [6.07, 6.45) is 4.53. The van der Waals surface area contributed by atoms with Crippen LogP contribution < -0.4 is 0 Å². The van der Waals surface area contributed by atoms with Gasteiger partial charge in [-0.2, -0.15) is 5.26 Å². The summed E-state index contributed by atoms with van der Waals surface area (Å²) in [5.74, 6) is 0.648. The van der Waals surface area contributed by atoms with Gasteiger partial charge in [0.2, 0.25) is 0 Å². The minimum Gasteiger partial charge on any atom is -0.303 e. The standard InChI is InChI=1S/C10H18N2/c1-2-7-12-8-3-4-10(9-12)5-6-11/h10H,2-5,7-9H2,1H3. The average molecular weight is 166 g/mol. The van der Waals surface area contributed by atoms with Crippen molar-refractivity contribution < 1.29 is 0 Å². The van der Waals surface area contributed by atoms with E-state index in [4.69, 9.17) is 5.26 Å². The molecule has 1 unspecified atom stereocenters. The maximum Gasteiger partial charge on any atom is 0.0625 e. The van der Waals surface area contributed by atoms with Crippen molar-refractivity contribution in [2.75, 3.05) is 19.6 Å². The van der Waals surface area contributed by atoms with Gasteiger partial charge in [-0.1, -0.05) is 6.92 Å². The molecule has 12 heavy (non-hydrogen) atoms. The molecule has 0 bridgehead atoms. The molecule has 1 fully saturated rings. The molecular formula is C10H18N2. The Kier molecular flexibility index (Phi) is 4.10. The first-order chi connectivity index (χ1) is 5.86. The molecule has 68 valence electrons. The number of piperidine rings is 1. The van der Waals surface area contributed by atoms with Gasteiger partial charge in [0.15, 0.2) is 0 Å². The first-order valence-electron chi connectivity index (χ1n) is 4.96. The van der Waals surface area contributed by atoms with E-state index in [0.29, 0.717) is 5.92 Å². The van der Waals surface area contributed by atoms with Crippen LogP contribution in [0.25, 0.3) is 0 Å². The molecule has 0 saturated carbocycles. The number of nitrogens with zero attached hydrogens (tertiary/aromatic N) is 2. The SMILES string of the molecule is CCCN1CCCC(CC#N)C1. The molecule has 0 N–H and O–H groups in total. The van der Waals surface area contributed by atoms with Gasteiger partial charge in [-0.3, -0.25) is 0 Å². The van der Waals surface area contributed by atoms with Crippen LogP contribution in [-0.4, -0.2) is 24.5 Å². The van der Waals surface area contributed by atoms with Crippen LogP contribution >= 0.6 is 0 Å². The van der Waals surface area contributed by atoms with Crippen LogP contribution in [0.15, 0.2) is 0 Å². The maximum atomic E-state index is 8.57. The van der Waals surface area contributed by atoms with Crippen LogP contribution in [0.1, 0.15) is 32.6 Å². The number of rotatable bonds is 3. The number of hydrogen-bond acceptors (Lipinski definition) is 2. The first-order valence-corrected chi connectivity index (χ1v) is 4.96. The van der Waals surface area contributed by atoms with Gasteiger partial charge in [-0.25, -0.2) is 0 Å². The fourth-order valence-corrected chi connectivity index (χ4v) is 1.97. The molecule has 2 heteroatoms. The Morgan fingerprint density at radius 2 is 2.42 bits per heavy atom. The van der Waals surface area contributed by atoms with Crippen molar-refractivity contribution in [2.24, 2.45) is 5.92 Å². The smallest absolute Gasteiger partial charge is 0.0625 e. The van der Waals surface area contributed by atoms with Crippen LogP contribution in [0.3, 0.4) is 0 Å². The zero-order valence-corrected chi connectivity index (χ0v) is 7.92. The van der Waals surface area contributed by atoms with Crippen molar-refractivity contribution >= 4 is 0 Å². The van der Waals surface area contributed by atoms with Gasteiger partial charge < -0.3 is 4.90 Å². The van der Waals surface area contributed by atoms with E-state index in [-0.39, 0.29) is 0 Å². The Bertz CT molecular complexity index is 158. The van der Waals surface area contributed by atoms with Crippen molar-refractivity contribution in [3.8, 4) is 6.07 Å². The van der Waals surface area contributed by atoms with Crippen molar-refractivity contribution in [1.29, 1.82) is 5.26 Å². The maximum absolute atomic E-state index is 8.57. The van der Waals surface area contributed by atoms with Crippen LogP contribution in [0.5, 0.6) is 0 Å². The quantitative estimate of drug-likeness (QED) is 0.641. The molecular weight excluding hydrogens is 148 g/mol. The van der Waals surface area contributed by atoms with Gasteiger partial charge in [-0.05, 0) is 38.3 Å². The van der Waals surface area contributed by atoms with E-state index in [9.17, 15) is 0 Å². The van der Waals surface area contributed by atoms with E-state index in [1.54, 1.807) is 0 Å². The summed E-state index contributed by atoms with van der Waals surface area (Å²) >= 11 is 0. The fraction of sp³-hybridized carbons (Fsp3) is 0.900. The molecule has 1 rings (SSSR count). The van der Waals surface area contributed by atoms with Gasteiger partial charge in [-0.15, -0.1) is 0 Å². The number of likely N-dealkylation sites (tertiary alicyclic amines) is 1. The third-order valence-electron chi connectivity index (χ3n) is 2.52. The summed E-state index contributed by atoms with van der Waals surface area (Å²) in [6, 6.07) is 2.27. The zero-order valence-electron chi connectivity index (χ0n) is 7.92. The van der Waals surface area contributed by atoms with Gasteiger partial charge in [0.1, 0.15) is 0 Å². The minimum absolute atomic E-state index is 0.648. The predicted molar refractivity (Wildman–Crippen MR) is 49.7 cm³/mol. The van der Waals surface area contributed by atoms with Gasteiger partial charge >= 0.3 is 0 Å². The lowest BCUT2D eigenvalue weighted by Crippen LogP contribution is -2.35. The van der Waals surface area contributed by atoms with E-state index >= 15 is 0 Å². The summed E-state index contributed by atoms with van der Waals surface area (Å²) in [6.45, 7) is 5.83. The van der Waals surface area contributed by atoms with E-state index < -0.39 is 0 Å². The highest BCUT2D eigenvalue weighted by atomic mass is 15.1. The molecule has 0 aromatic rings. The summed E-state index contributed by atoms with van der Waals surface area (Å²) in [7, 11) is 0. The molecule has 0 radical (unpaired) electrons. The molecule has 1 aliphatic rings. The summed E-state index contributed by atoms with van der Waals surface area (Å²) in [5, 5.41) is 8.57. The molecule has 0 aliphatic carbocycles. The van der Waals surface area contributed by atoms with Crippen molar-refractivity contribution in [3.05, 3.63) is 0 Å².